The average Bonchev–Trinajstić information content (AvgIpc) is 2.87. The van der Waals surface area contributed by atoms with Crippen LogP contribution in [0.25, 0.3) is 0 Å². The van der Waals surface area contributed by atoms with Gasteiger partial charge in [-0.15, -0.1) is 0 Å². The molecule has 188 valence electrons. The third kappa shape index (κ3) is 8.70. The van der Waals surface area contributed by atoms with Crippen LogP contribution in [0.3, 0.4) is 0 Å². The molecular weight excluding hydrogens is 447 g/mol. The summed E-state index contributed by atoms with van der Waals surface area (Å²) < 4.78 is 18.7. The molecule has 0 saturated heterocycles. The number of carbonyl (C=O) groups excluding carboxylic acids is 2. The van der Waals surface area contributed by atoms with E-state index in [1.165, 1.54) is 19.6 Å². The van der Waals surface area contributed by atoms with Crippen LogP contribution in [0.15, 0.2) is 48.5 Å². The zero-order valence-corrected chi connectivity index (χ0v) is 20.2. The van der Waals surface area contributed by atoms with Gasteiger partial charge in [-0.2, -0.15) is 0 Å². The molecule has 0 aliphatic heterocycles. The first kappa shape index (κ1) is 26.2. The lowest BCUT2D eigenvalue weighted by Crippen LogP contribution is -2.52. The van der Waals surface area contributed by atoms with Gasteiger partial charge in [-0.1, -0.05) is 68.5 Å². The van der Waals surface area contributed by atoms with Gasteiger partial charge in [0.05, 0.1) is 7.11 Å². The lowest BCUT2D eigenvalue weighted by molar-refractivity contribution is -0.124. The fraction of sp³-hybridized carbons (Fsp3) is 0.444. The van der Waals surface area contributed by atoms with Crippen LogP contribution in [0.4, 0.5) is 4.39 Å². The predicted molar refractivity (Wildman–Crippen MR) is 134 cm³/mol. The van der Waals surface area contributed by atoms with E-state index < -0.39 is 11.9 Å². The maximum absolute atomic E-state index is 13.7. The molecule has 1 aliphatic rings. The molecule has 1 fully saturated rings. The number of ether oxygens (including phenoxy) is 1. The minimum Gasteiger partial charge on any atom is -0.494 e. The minimum absolute atomic E-state index is 0.119. The summed E-state index contributed by atoms with van der Waals surface area (Å²) in [6.45, 7) is 0.203. The quantitative estimate of drug-likeness (QED) is 0.303. The van der Waals surface area contributed by atoms with Crippen LogP contribution >= 0.6 is 0 Å². The lowest BCUT2D eigenvalue weighted by atomic mass is 9.84. The first-order valence-corrected chi connectivity index (χ1v) is 12.2. The number of halogens is 1. The van der Waals surface area contributed by atoms with Crippen molar-refractivity contribution in [2.75, 3.05) is 7.11 Å². The van der Waals surface area contributed by atoms with Crippen molar-refractivity contribution in [2.24, 2.45) is 5.92 Å². The second-order valence-corrected chi connectivity index (χ2v) is 9.03. The average molecular weight is 483 g/mol. The van der Waals surface area contributed by atoms with E-state index in [-0.39, 0.29) is 36.5 Å². The van der Waals surface area contributed by atoms with E-state index in [2.05, 4.69) is 16.0 Å². The summed E-state index contributed by atoms with van der Waals surface area (Å²) >= 11 is 0. The number of rotatable bonds is 10. The van der Waals surface area contributed by atoms with Crippen LogP contribution in [0.2, 0.25) is 0 Å². The van der Waals surface area contributed by atoms with Gasteiger partial charge in [-0.25, -0.2) is 4.39 Å². The molecule has 1 aliphatic carbocycles. The molecule has 7 nitrogen and oxygen atoms in total. The summed E-state index contributed by atoms with van der Waals surface area (Å²) in [5, 5.41) is 16.6. The molecule has 2 amide bonds. The van der Waals surface area contributed by atoms with E-state index in [0.29, 0.717) is 24.3 Å². The summed E-state index contributed by atoms with van der Waals surface area (Å²) in [6, 6.07) is 13.5. The number of methoxy groups -OCH3 is 1. The van der Waals surface area contributed by atoms with Gasteiger partial charge in [-0.3, -0.25) is 20.3 Å². The Morgan fingerprint density at radius 2 is 1.83 bits per heavy atom. The first-order chi connectivity index (χ1) is 16.9. The number of guanidine groups is 1. The smallest absolute Gasteiger partial charge is 0.242 e. The SMILES string of the molecule is COc1cc(CNC(=O)[C@@H](CC2CCCCC2)NC(=N)NC(=O)CCc2ccccc2)ccc1F. The summed E-state index contributed by atoms with van der Waals surface area (Å²) in [7, 11) is 1.39. The van der Waals surface area contributed by atoms with E-state index >= 15 is 0 Å². The molecule has 1 atom stereocenters. The van der Waals surface area contributed by atoms with Gasteiger partial charge in [0, 0.05) is 13.0 Å². The Morgan fingerprint density at radius 1 is 1.09 bits per heavy atom. The maximum atomic E-state index is 13.7. The van der Waals surface area contributed by atoms with Crippen LogP contribution in [0, 0.1) is 17.1 Å². The highest BCUT2D eigenvalue weighted by Gasteiger charge is 2.25. The maximum Gasteiger partial charge on any atom is 0.242 e. The van der Waals surface area contributed by atoms with Crippen molar-refractivity contribution < 1.29 is 18.7 Å². The molecule has 0 radical (unpaired) electrons. The Labute approximate surface area is 206 Å². The standard InChI is InChI=1S/C27H35FN4O3/c1-35-24-17-21(12-14-22(24)28)18-30-26(34)23(16-20-10-6-3-7-11-20)31-27(29)32-25(33)15-13-19-8-4-2-5-9-19/h2,4-5,8-9,12,14,17,20,23H,3,6-7,10-11,13,15-16,18H2,1H3,(H,30,34)(H3,29,31,32,33)/t23-/m1/s1. The van der Waals surface area contributed by atoms with Gasteiger partial charge >= 0.3 is 0 Å². The van der Waals surface area contributed by atoms with Crippen molar-refractivity contribution in [1.29, 1.82) is 5.41 Å². The molecule has 0 unspecified atom stereocenters. The highest BCUT2D eigenvalue weighted by atomic mass is 19.1. The third-order valence-corrected chi connectivity index (χ3v) is 6.36. The fourth-order valence-electron chi connectivity index (χ4n) is 4.43. The van der Waals surface area contributed by atoms with Crippen molar-refractivity contribution in [1.82, 2.24) is 16.0 Å². The Kier molecular flexibility index (Phi) is 10.1. The van der Waals surface area contributed by atoms with Crippen molar-refractivity contribution >= 4 is 17.8 Å². The van der Waals surface area contributed by atoms with Crippen molar-refractivity contribution in [3.8, 4) is 5.75 Å². The number of benzene rings is 2. The molecule has 35 heavy (non-hydrogen) atoms. The van der Waals surface area contributed by atoms with Crippen LogP contribution in [0.5, 0.6) is 5.75 Å². The monoisotopic (exact) mass is 482 g/mol. The van der Waals surface area contributed by atoms with Crippen molar-refractivity contribution in [2.45, 2.75) is 64.0 Å². The lowest BCUT2D eigenvalue weighted by Gasteiger charge is -2.27. The summed E-state index contributed by atoms with van der Waals surface area (Å²) in [6.07, 6.45) is 7.01. The number of nitrogens with one attached hydrogen (secondary N) is 4. The van der Waals surface area contributed by atoms with Gasteiger partial charge in [0.25, 0.3) is 0 Å². The minimum atomic E-state index is -0.651. The largest absolute Gasteiger partial charge is 0.494 e. The van der Waals surface area contributed by atoms with E-state index in [0.717, 1.165) is 31.2 Å². The predicted octanol–water partition coefficient (Wildman–Crippen LogP) is 4.06. The molecule has 8 heteroatoms. The molecule has 0 aromatic heterocycles. The van der Waals surface area contributed by atoms with Crippen molar-refractivity contribution in [3.05, 3.63) is 65.5 Å². The van der Waals surface area contributed by atoms with Gasteiger partial charge in [0.1, 0.15) is 6.04 Å². The van der Waals surface area contributed by atoms with Crippen LogP contribution in [-0.4, -0.2) is 30.9 Å². The topological polar surface area (TPSA) is 103 Å². The van der Waals surface area contributed by atoms with Crippen molar-refractivity contribution in [3.63, 3.8) is 0 Å². The third-order valence-electron chi connectivity index (χ3n) is 6.36. The highest BCUT2D eigenvalue weighted by molar-refractivity contribution is 5.97. The Balaban J connectivity index is 1.56. The Hall–Kier alpha value is -3.42. The van der Waals surface area contributed by atoms with E-state index in [1.807, 2.05) is 30.3 Å². The van der Waals surface area contributed by atoms with Gasteiger partial charge in [0.2, 0.25) is 11.8 Å². The summed E-state index contributed by atoms with van der Waals surface area (Å²) in [4.78, 5) is 25.4. The number of carbonyl (C=O) groups is 2. The van der Waals surface area contributed by atoms with Gasteiger partial charge in [0.15, 0.2) is 17.5 Å². The molecule has 0 heterocycles. The Morgan fingerprint density at radius 3 is 2.54 bits per heavy atom. The normalized spacial score (nSPS) is 14.6. The fourth-order valence-corrected chi connectivity index (χ4v) is 4.43. The van der Waals surface area contributed by atoms with E-state index in [9.17, 15) is 14.0 Å². The molecular formula is C27H35FN4O3. The second-order valence-electron chi connectivity index (χ2n) is 9.03. The number of hydrogen-bond donors (Lipinski definition) is 4. The molecule has 3 rings (SSSR count). The number of aryl methyl sites for hydroxylation is 1. The summed E-state index contributed by atoms with van der Waals surface area (Å²) in [5.74, 6) is -0.671. The van der Waals surface area contributed by atoms with Crippen LogP contribution < -0.4 is 20.7 Å². The number of amides is 2. The second kappa shape index (κ2) is 13.5. The van der Waals surface area contributed by atoms with E-state index in [4.69, 9.17) is 10.1 Å². The highest BCUT2D eigenvalue weighted by Crippen LogP contribution is 2.27. The van der Waals surface area contributed by atoms with Gasteiger partial charge in [-0.05, 0) is 42.0 Å². The first-order valence-electron chi connectivity index (χ1n) is 12.2. The van der Waals surface area contributed by atoms with Gasteiger partial charge < -0.3 is 15.4 Å². The van der Waals surface area contributed by atoms with E-state index in [1.54, 1.807) is 12.1 Å². The molecule has 4 N–H and O–H groups in total. The molecule has 1 saturated carbocycles. The zero-order chi connectivity index (χ0) is 25.0. The number of hydrogen-bond acceptors (Lipinski definition) is 4. The molecule has 0 bridgehead atoms. The molecule has 2 aromatic carbocycles. The molecule has 2 aromatic rings. The van der Waals surface area contributed by atoms with Crippen LogP contribution in [0.1, 0.15) is 56.1 Å². The Bertz CT molecular complexity index is 993. The van der Waals surface area contributed by atoms with Crippen LogP contribution in [-0.2, 0) is 22.6 Å². The summed E-state index contributed by atoms with van der Waals surface area (Å²) in [5.41, 5.74) is 1.76. The molecule has 0 spiro atoms. The zero-order valence-electron chi connectivity index (χ0n) is 20.2.